The molecular weight excluding hydrogens is 326 g/mol. The first kappa shape index (κ1) is 20.1. The average molecular weight is 366 g/mol. The molecule has 0 spiro atoms. The summed E-state index contributed by atoms with van der Waals surface area (Å²) in [6, 6.07) is 0.393. The van der Waals surface area contributed by atoms with E-state index < -0.39 is 0 Å². The average Bonchev–Trinajstić information content (AvgIpc) is 3.13. The summed E-state index contributed by atoms with van der Waals surface area (Å²) in [4.78, 5) is 14.7. The maximum absolute atomic E-state index is 12.2. The number of carbonyl (C=O) groups is 1. The smallest absolute Gasteiger partial charge is 0.308 e. The lowest BCUT2D eigenvalue weighted by Crippen LogP contribution is -2.50. The molecule has 1 saturated carbocycles. The third kappa shape index (κ3) is 4.27. The van der Waals surface area contributed by atoms with Crippen LogP contribution in [0.3, 0.4) is 0 Å². The molecule has 0 unspecified atom stereocenters. The molecule has 1 aliphatic carbocycles. The lowest BCUT2D eigenvalue weighted by Gasteiger charge is -2.42. The first-order valence-electron chi connectivity index (χ1n) is 10.8. The SMILES string of the molecule is CC(C)[C@@H]1CC[C@@H](C)C[C@H]1O[C@@H]1OC(=O)C[C@H]1[C@H]1CCCN1C(C)(C)C. The molecule has 3 aliphatic rings. The van der Waals surface area contributed by atoms with Crippen molar-refractivity contribution < 1.29 is 14.3 Å². The van der Waals surface area contributed by atoms with Crippen LogP contribution in [0, 0.1) is 23.7 Å². The van der Waals surface area contributed by atoms with Crippen molar-refractivity contribution in [3.8, 4) is 0 Å². The Kier molecular flexibility index (Phi) is 6.03. The second-order valence-electron chi connectivity index (χ2n) is 10.3. The molecule has 3 rings (SSSR count). The Bertz CT molecular complexity index is 498. The Morgan fingerprint density at radius 3 is 2.58 bits per heavy atom. The molecule has 4 heteroatoms. The largest absolute Gasteiger partial charge is 0.435 e. The van der Waals surface area contributed by atoms with Crippen LogP contribution in [-0.4, -0.2) is 41.4 Å². The minimum atomic E-state index is -0.355. The number of carbonyl (C=O) groups excluding carboxylic acids is 1. The van der Waals surface area contributed by atoms with Crippen molar-refractivity contribution in [1.82, 2.24) is 4.90 Å². The number of nitrogens with zero attached hydrogens (tertiary/aromatic N) is 1. The fourth-order valence-corrected chi connectivity index (χ4v) is 5.51. The van der Waals surface area contributed by atoms with Crippen LogP contribution >= 0.6 is 0 Å². The van der Waals surface area contributed by atoms with Crippen LogP contribution in [-0.2, 0) is 14.3 Å². The molecule has 26 heavy (non-hydrogen) atoms. The fourth-order valence-electron chi connectivity index (χ4n) is 5.51. The highest BCUT2D eigenvalue weighted by atomic mass is 16.7. The highest BCUT2D eigenvalue weighted by Crippen LogP contribution is 2.41. The number of cyclic esters (lactones) is 1. The summed E-state index contributed by atoms with van der Waals surface area (Å²) in [7, 11) is 0. The van der Waals surface area contributed by atoms with Crippen molar-refractivity contribution in [2.24, 2.45) is 23.7 Å². The Morgan fingerprint density at radius 1 is 1.19 bits per heavy atom. The molecule has 2 aliphatic heterocycles. The molecule has 0 amide bonds. The predicted octanol–water partition coefficient (Wildman–Crippen LogP) is 4.62. The van der Waals surface area contributed by atoms with Crippen molar-refractivity contribution in [3.05, 3.63) is 0 Å². The van der Waals surface area contributed by atoms with Crippen molar-refractivity contribution >= 4 is 5.97 Å². The maximum Gasteiger partial charge on any atom is 0.308 e. The van der Waals surface area contributed by atoms with Gasteiger partial charge in [0.1, 0.15) is 0 Å². The minimum absolute atomic E-state index is 0.0780. The molecule has 0 aromatic heterocycles. The highest BCUT2D eigenvalue weighted by molar-refractivity contribution is 5.72. The van der Waals surface area contributed by atoms with E-state index in [4.69, 9.17) is 9.47 Å². The van der Waals surface area contributed by atoms with Crippen LogP contribution in [0.4, 0.5) is 0 Å². The van der Waals surface area contributed by atoms with Gasteiger partial charge in [0.25, 0.3) is 0 Å². The summed E-state index contributed by atoms with van der Waals surface area (Å²) in [6.07, 6.45) is 6.34. The van der Waals surface area contributed by atoms with E-state index in [-0.39, 0.29) is 29.8 Å². The van der Waals surface area contributed by atoms with Crippen molar-refractivity contribution in [1.29, 1.82) is 0 Å². The number of esters is 1. The molecule has 0 radical (unpaired) electrons. The van der Waals surface area contributed by atoms with E-state index in [0.29, 0.717) is 30.2 Å². The Labute approximate surface area is 160 Å². The molecule has 0 bridgehead atoms. The van der Waals surface area contributed by atoms with E-state index in [1.165, 1.54) is 19.3 Å². The zero-order valence-corrected chi connectivity index (χ0v) is 17.7. The van der Waals surface area contributed by atoms with Gasteiger partial charge in [-0.3, -0.25) is 9.69 Å². The van der Waals surface area contributed by atoms with Gasteiger partial charge in [-0.1, -0.05) is 27.2 Å². The lowest BCUT2D eigenvalue weighted by atomic mass is 9.75. The molecule has 4 nitrogen and oxygen atoms in total. The normalized spacial score (nSPS) is 39.6. The molecule has 2 saturated heterocycles. The first-order valence-corrected chi connectivity index (χ1v) is 10.8. The van der Waals surface area contributed by atoms with Gasteiger partial charge in [-0.2, -0.15) is 0 Å². The zero-order chi connectivity index (χ0) is 19.1. The number of likely N-dealkylation sites (tertiary alicyclic amines) is 1. The first-order chi connectivity index (χ1) is 12.2. The summed E-state index contributed by atoms with van der Waals surface area (Å²) in [6.45, 7) is 14.9. The summed E-state index contributed by atoms with van der Waals surface area (Å²) in [5.41, 5.74) is 0.122. The van der Waals surface area contributed by atoms with E-state index in [2.05, 4.69) is 46.4 Å². The van der Waals surface area contributed by atoms with Crippen LogP contribution in [0.15, 0.2) is 0 Å². The molecule has 0 aromatic rings. The molecule has 150 valence electrons. The quantitative estimate of drug-likeness (QED) is 0.682. The number of ether oxygens (including phenoxy) is 2. The molecular formula is C22H39NO3. The Morgan fingerprint density at radius 2 is 1.92 bits per heavy atom. The summed E-state index contributed by atoms with van der Waals surface area (Å²) < 4.78 is 12.3. The standard InChI is InChI=1S/C22H39NO3/c1-14(2)16-10-9-15(3)12-19(16)25-21-17(13-20(24)26-21)18-8-7-11-23(18)22(4,5)6/h14-19,21H,7-13H2,1-6H3/t15-,16+,17+,18-,19-,21-/m1/s1. The molecule has 0 aromatic carbocycles. The summed E-state index contributed by atoms with van der Waals surface area (Å²) in [5, 5.41) is 0. The van der Waals surface area contributed by atoms with E-state index in [0.717, 1.165) is 19.4 Å². The third-order valence-corrected chi connectivity index (χ3v) is 6.92. The Balaban J connectivity index is 1.74. The Hall–Kier alpha value is -0.610. The van der Waals surface area contributed by atoms with E-state index in [1.54, 1.807) is 0 Å². The monoisotopic (exact) mass is 365 g/mol. The highest BCUT2D eigenvalue weighted by Gasteiger charge is 2.48. The summed E-state index contributed by atoms with van der Waals surface area (Å²) >= 11 is 0. The van der Waals surface area contributed by atoms with Gasteiger partial charge in [0, 0.05) is 17.5 Å². The predicted molar refractivity (Wildman–Crippen MR) is 104 cm³/mol. The second-order valence-corrected chi connectivity index (χ2v) is 10.3. The maximum atomic E-state index is 12.2. The van der Waals surface area contributed by atoms with E-state index in [1.807, 2.05) is 0 Å². The summed E-state index contributed by atoms with van der Waals surface area (Å²) in [5.74, 6) is 1.98. The number of hydrogen-bond acceptors (Lipinski definition) is 4. The van der Waals surface area contributed by atoms with E-state index >= 15 is 0 Å². The van der Waals surface area contributed by atoms with Crippen molar-refractivity contribution in [3.63, 3.8) is 0 Å². The molecule has 0 N–H and O–H groups in total. The van der Waals surface area contributed by atoms with Crippen LogP contribution < -0.4 is 0 Å². The van der Waals surface area contributed by atoms with Gasteiger partial charge in [-0.05, 0) is 70.8 Å². The zero-order valence-electron chi connectivity index (χ0n) is 17.7. The van der Waals surface area contributed by atoms with Crippen LogP contribution in [0.5, 0.6) is 0 Å². The van der Waals surface area contributed by atoms with Gasteiger partial charge in [-0.15, -0.1) is 0 Å². The van der Waals surface area contributed by atoms with Gasteiger partial charge >= 0.3 is 5.97 Å². The fraction of sp³-hybridized carbons (Fsp3) is 0.955. The molecule has 2 heterocycles. The van der Waals surface area contributed by atoms with Gasteiger partial charge < -0.3 is 9.47 Å². The van der Waals surface area contributed by atoms with Crippen LogP contribution in [0.25, 0.3) is 0 Å². The minimum Gasteiger partial charge on any atom is -0.435 e. The van der Waals surface area contributed by atoms with E-state index in [9.17, 15) is 4.79 Å². The molecule has 6 atom stereocenters. The third-order valence-electron chi connectivity index (χ3n) is 6.92. The van der Waals surface area contributed by atoms with Crippen LogP contribution in [0.2, 0.25) is 0 Å². The van der Waals surface area contributed by atoms with Gasteiger partial charge in [0.2, 0.25) is 6.29 Å². The van der Waals surface area contributed by atoms with Crippen LogP contribution in [0.1, 0.15) is 80.1 Å². The number of rotatable bonds is 4. The van der Waals surface area contributed by atoms with Gasteiger partial charge in [-0.25, -0.2) is 0 Å². The topological polar surface area (TPSA) is 38.8 Å². The van der Waals surface area contributed by atoms with Gasteiger partial charge in [0.05, 0.1) is 12.5 Å². The van der Waals surface area contributed by atoms with Crippen molar-refractivity contribution in [2.75, 3.05) is 6.54 Å². The molecule has 3 fully saturated rings. The van der Waals surface area contributed by atoms with Gasteiger partial charge in [0.15, 0.2) is 0 Å². The number of hydrogen-bond donors (Lipinski definition) is 0. The second kappa shape index (κ2) is 7.79. The lowest BCUT2D eigenvalue weighted by molar-refractivity contribution is -0.201. The van der Waals surface area contributed by atoms with Crippen molar-refractivity contribution in [2.45, 2.75) is 104 Å².